The lowest BCUT2D eigenvalue weighted by molar-refractivity contribution is -0.130. The molecule has 2 rings (SSSR count). The van der Waals surface area contributed by atoms with Crippen LogP contribution in [0.2, 0.25) is 0 Å². The highest BCUT2D eigenvalue weighted by Crippen LogP contribution is 2.30. The lowest BCUT2D eigenvalue weighted by Crippen LogP contribution is -2.33. The van der Waals surface area contributed by atoms with Gasteiger partial charge < -0.3 is 4.90 Å². The van der Waals surface area contributed by atoms with Gasteiger partial charge in [-0.05, 0) is 31.2 Å². The second-order valence-corrected chi connectivity index (χ2v) is 5.47. The molecule has 0 unspecified atom stereocenters. The van der Waals surface area contributed by atoms with Gasteiger partial charge in [-0.1, -0.05) is 48.9 Å². The molecule has 0 bridgehead atoms. The van der Waals surface area contributed by atoms with Crippen LogP contribution in [0.3, 0.4) is 0 Å². The second-order valence-electron chi connectivity index (χ2n) is 5.47. The molecule has 1 amide bonds. The lowest BCUT2D eigenvalue weighted by Gasteiger charge is -2.22. The molecule has 19 heavy (non-hydrogen) atoms. The number of benzene rings is 1. The van der Waals surface area contributed by atoms with Gasteiger partial charge >= 0.3 is 0 Å². The molecule has 1 aliphatic rings. The van der Waals surface area contributed by atoms with Gasteiger partial charge in [-0.25, -0.2) is 0 Å². The van der Waals surface area contributed by atoms with E-state index >= 15 is 0 Å². The predicted octanol–water partition coefficient (Wildman–Crippen LogP) is 3.74. The molecule has 1 aliphatic carbocycles. The molecule has 0 heterocycles. The minimum atomic E-state index is 0.271. The summed E-state index contributed by atoms with van der Waals surface area (Å²) in [4.78, 5) is 14.0. The van der Waals surface area contributed by atoms with E-state index < -0.39 is 0 Å². The first-order valence-corrected chi connectivity index (χ1v) is 7.19. The van der Waals surface area contributed by atoms with Crippen LogP contribution in [0.15, 0.2) is 35.9 Å². The average molecular weight is 257 g/mol. The minimum absolute atomic E-state index is 0.271. The van der Waals surface area contributed by atoms with Crippen LogP contribution < -0.4 is 0 Å². The maximum absolute atomic E-state index is 12.0. The van der Waals surface area contributed by atoms with Crippen LogP contribution in [0.4, 0.5) is 0 Å². The van der Waals surface area contributed by atoms with E-state index in [2.05, 4.69) is 25.1 Å². The fourth-order valence-electron chi connectivity index (χ4n) is 2.27. The van der Waals surface area contributed by atoms with Gasteiger partial charge in [-0.2, -0.15) is 0 Å². The molecule has 2 nitrogen and oxygen atoms in total. The summed E-state index contributed by atoms with van der Waals surface area (Å²) in [5.41, 5.74) is 2.45. The van der Waals surface area contributed by atoms with Gasteiger partial charge in [0.05, 0.1) is 0 Å². The quantitative estimate of drug-likeness (QED) is 0.760. The zero-order chi connectivity index (χ0) is 13.7. The number of nitrogens with zero attached hydrogens (tertiary/aromatic N) is 1. The molecule has 102 valence electrons. The highest BCUT2D eigenvalue weighted by Gasteiger charge is 2.26. The van der Waals surface area contributed by atoms with Gasteiger partial charge in [0, 0.05) is 19.5 Å². The van der Waals surface area contributed by atoms with E-state index in [1.165, 1.54) is 24.0 Å². The minimum Gasteiger partial charge on any atom is -0.338 e. The molecule has 1 saturated carbocycles. The van der Waals surface area contributed by atoms with Gasteiger partial charge in [0.2, 0.25) is 5.91 Å². The van der Waals surface area contributed by atoms with Crippen LogP contribution >= 0.6 is 0 Å². The van der Waals surface area contributed by atoms with E-state index in [9.17, 15) is 4.79 Å². The van der Waals surface area contributed by atoms with E-state index in [0.717, 1.165) is 19.0 Å². The largest absolute Gasteiger partial charge is 0.338 e. The van der Waals surface area contributed by atoms with E-state index in [1.807, 2.05) is 30.0 Å². The SMILES string of the molecule is CCC(=O)N(CC(C)=Cc1ccccc1)CC1CC1. The molecule has 1 aromatic carbocycles. The molecule has 0 atom stereocenters. The first-order chi connectivity index (χ1) is 9.19. The summed E-state index contributed by atoms with van der Waals surface area (Å²) in [5, 5.41) is 0. The van der Waals surface area contributed by atoms with Gasteiger partial charge in [-0.3, -0.25) is 4.79 Å². The number of carbonyl (C=O) groups excluding carboxylic acids is 1. The zero-order valence-electron chi connectivity index (χ0n) is 11.9. The monoisotopic (exact) mass is 257 g/mol. The van der Waals surface area contributed by atoms with Crippen molar-refractivity contribution in [1.82, 2.24) is 4.90 Å². The summed E-state index contributed by atoms with van der Waals surface area (Å²) in [6.45, 7) is 5.75. The Hall–Kier alpha value is -1.57. The molecule has 1 fully saturated rings. The zero-order valence-corrected chi connectivity index (χ0v) is 11.9. The van der Waals surface area contributed by atoms with Crippen LogP contribution in [-0.2, 0) is 4.79 Å². The standard InChI is InChI=1S/C17H23NO/c1-3-17(19)18(13-16-9-10-16)12-14(2)11-15-7-5-4-6-8-15/h4-8,11,16H,3,9-10,12-13H2,1-2H3. The smallest absolute Gasteiger partial charge is 0.222 e. The fraction of sp³-hybridized carbons (Fsp3) is 0.471. The third-order valence-electron chi connectivity index (χ3n) is 3.48. The van der Waals surface area contributed by atoms with Crippen molar-refractivity contribution >= 4 is 12.0 Å². The van der Waals surface area contributed by atoms with Crippen molar-refractivity contribution < 1.29 is 4.79 Å². The molecular formula is C17H23NO. The summed E-state index contributed by atoms with van der Waals surface area (Å²) >= 11 is 0. The van der Waals surface area contributed by atoms with Crippen molar-refractivity contribution in [2.45, 2.75) is 33.1 Å². The molecule has 2 heteroatoms. The Labute approximate surface area is 116 Å². The third-order valence-corrected chi connectivity index (χ3v) is 3.48. The first kappa shape index (κ1) is 13.9. The predicted molar refractivity (Wildman–Crippen MR) is 79.7 cm³/mol. The van der Waals surface area contributed by atoms with Crippen molar-refractivity contribution in [1.29, 1.82) is 0 Å². The van der Waals surface area contributed by atoms with Gasteiger partial charge in [-0.15, -0.1) is 0 Å². The fourth-order valence-corrected chi connectivity index (χ4v) is 2.27. The van der Waals surface area contributed by atoms with Crippen LogP contribution in [-0.4, -0.2) is 23.9 Å². The maximum atomic E-state index is 12.0. The number of rotatable bonds is 6. The molecule has 0 spiro atoms. The van der Waals surface area contributed by atoms with Crippen molar-refractivity contribution in [3.8, 4) is 0 Å². The summed E-state index contributed by atoms with van der Waals surface area (Å²) in [6.07, 6.45) is 5.35. The van der Waals surface area contributed by atoms with Crippen LogP contribution in [0, 0.1) is 5.92 Å². The van der Waals surface area contributed by atoms with Gasteiger partial charge in [0.25, 0.3) is 0 Å². The Balaban J connectivity index is 1.99. The number of carbonyl (C=O) groups is 1. The third kappa shape index (κ3) is 4.55. The Bertz CT molecular complexity index is 446. The number of hydrogen-bond donors (Lipinski definition) is 0. The van der Waals surface area contributed by atoms with Crippen molar-refractivity contribution in [3.63, 3.8) is 0 Å². The topological polar surface area (TPSA) is 20.3 Å². The molecule has 0 aliphatic heterocycles. The van der Waals surface area contributed by atoms with Crippen LogP contribution in [0.25, 0.3) is 6.08 Å². The summed E-state index contributed by atoms with van der Waals surface area (Å²) in [5.74, 6) is 1.02. The maximum Gasteiger partial charge on any atom is 0.222 e. The van der Waals surface area contributed by atoms with Crippen LogP contribution in [0.1, 0.15) is 38.7 Å². The molecule has 0 aromatic heterocycles. The normalized spacial score (nSPS) is 15.4. The van der Waals surface area contributed by atoms with Crippen molar-refractivity contribution in [2.24, 2.45) is 5.92 Å². The van der Waals surface area contributed by atoms with E-state index in [1.54, 1.807) is 0 Å². The lowest BCUT2D eigenvalue weighted by atomic mass is 10.1. The van der Waals surface area contributed by atoms with Crippen LogP contribution in [0.5, 0.6) is 0 Å². The molecule has 1 aromatic rings. The van der Waals surface area contributed by atoms with E-state index in [4.69, 9.17) is 0 Å². The highest BCUT2D eigenvalue weighted by atomic mass is 16.2. The average Bonchev–Trinajstić information content (AvgIpc) is 3.22. The van der Waals surface area contributed by atoms with Gasteiger partial charge in [0.15, 0.2) is 0 Å². The Kier molecular flexibility index (Phi) is 4.78. The second kappa shape index (κ2) is 6.55. The molecule has 0 saturated heterocycles. The van der Waals surface area contributed by atoms with Crippen molar-refractivity contribution in [3.05, 3.63) is 41.5 Å². The Morgan fingerprint density at radius 3 is 2.58 bits per heavy atom. The summed E-state index contributed by atoms with van der Waals surface area (Å²) in [6, 6.07) is 10.3. The highest BCUT2D eigenvalue weighted by molar-refractivity contribution is 5.76. The Morgan fingerprint density at radius 2 is 2.00 bits per heavy atom. The van der Waals surface area contributed by atoms with E-state index in [-0.39, 0.29) is 5.91 Å². The van der Waals surface area contributed by atoms with Crippen molar-refractivity contribution in [2.75, 3.05) is 13.1 Å². The summed E-state index contributed by atoms with van der Waals surface area (Å²) < 4.78 is 0. The van der Waals surface area contributed by atoms with Gasteiger partial charge in [0.1, 0.15) is 0 Å². The number of hydrogen-bond acceptors (Lipinski definition) is 1. The first-order valence-electron chi connectivity index (χ1n) is 7.19. The molecular weight excluding hydrogens is 234 g/mol. The van der Waals surface area contributed by atoms with E-state index in [0.29, 0.717) is 6.42 Å². The number of amides is 1. The molecule has 0 N–H and O–H groups in total. The molecule has 0 radical (unpaired) electrons. The Morgan fingerprint density at radius 1 is 1.32 bits per heavy atom. The summed E-state index contributed by atoms with van der Waals surface area (Å²) in [7, 11) is 0.